The van der Waals surface area contributed by atoms with Crippen LogP contribution in [-0.2, 0) is 19.7 Å². The van der Waals surface area contributed by atoms with Gasteiger partial charge in [-0.15, -0.1) is 0 Å². The third-order valence-corrected chi connectivity index (χ3v) is 6.94. The van der Waals surface area contributed by atoms with E-state index in [1.165, 1.54) is 5.56 Å². The zero-order valence-corrected chi connectivity index (χ0v) is 23.2. The molecule has 6 heteroatoms. The number of nitrogens with one attached hydrogen (secondary N) is 1. The van der Waals surface area contributed by atoms with Crippen molar-refractivity contribution in [2.24, 2.45) is 0 Å². The number of esters is 1. The normalized spacial score (nSPS) is 14.8. The predicted molar refractivity (Wildman–Crippen MR) is 155 cm³/mol. The Morgan fingerprint density at radius 1 is 0.875 bits per heavy atom. The van der Waals surface area contributed by atoms with Gasteiger partial charge in [-0.25, -0.2) is 4.79 Å². The fourth-order valence-corrected chi connectivity index (χ4v) is 4.96. The summed E-state index contributed by atoms with van der Waals surface area (Å²) < 4.78 is 17.5. The lowest BCUT2D eigenvalue weighted by Gasteiger charge is -2.31. The molecular weight excluding hydrogens is 502 g/mol. The van der Waals surface area contributed by atoms with Crippen molar-refractivity contribution in [1.29, 1.82) is 0 Å². The monoisotopic (exact) mass is 535 g/mol. The lowest BCUT2D eigenvalue weighted by Crippen LogP contribution is -2.36. The molecule has 0 spiro atoms. The van der Waals surface area contributed by atoms with E-state index in [4.69, 9.17) is 14.2 Å². The molecule has 4 aromatic rings. The molecule has 1 aliphatic heterocycles. The Bertz CT molecular complexity index is 1570. The van der Waals surface area contributed by atoms with E-state index in [2.05, 4.69) is 26.1 Å². The molecule has 0 saturated heterocycles. The molecule has 1 atom stereocenters. The van der Waals surface area contributed by atoms with Crippen molar-refractivity contribution in [3.8, 4) is 11.5 Å². The van der Waals surface area contributed by atoms with Crippen LogP contribution in [0, 0.1) is 0 Å². The summed E-state index contributed by atoms with van der Waals surface area (Å²) in [6.07, 6.45) is 0. The van der Waals surface area contributed by atoms with Crippen LogP contribution in [0.4, 0.5) is 0 Å². The van der Waals surface area contributed by atoms with Crippen LogP contribution in [0.5, 0.6) is 11.5 Å². The molecule has 1 unspecified atom stereocenters. The molecular formula is C34H33NO5. The van der Waals surface area contributed by atoms with Crippen molar-refractivity contribution in [2.75, 3.05) is 13.2 Å². The highest BCUT2D eigenvalue weighted by atomic mass is 16.5. The Labute approximate surface area is 234 Å². The quantitative estimate of drug-likeness (QED) is 0.269. The van der Waals surface area contributed by atoms with E-state index in [-0.39, 0.29) is 30.1 Å². The first-order chi connectivity index (χ1) is 19.3. The van der Waals surface area contributed by atoms with Crippen LogP contribution in [0.3, 0.4) is 0 Å². The number of benzene rings is 4. The van der Waals surface area contributed by atoms with Crippen molar-refractivity contribution in [3.05, 3.63) is 119 Å². The van der Waals surface area contributed by atoms with Crippen molar-refractivity contribution in [1.82, 2.24) is 5.32 Å². The highest BCUT2D eigenvalue weighted by Gasteiger charge is 2.38. The fraction of sp³-hybridized carbons (Fsp3) is 0.235. The standard InChI is InChI=1S/C34H33NO5/c1-5-38-33(37)31-29(23-12-7-6-8-13-23)30-26-14-10-9-11-22(26)15-20-27(30)40-32(31)35-28(36)21-39-25-18-16-24(17-19-25)34(2,3)4/h6-20,29H,5,21H2,1-4H3,(H,35,36). The summed E-state index contributed by atoms with van der Waals surface area (Å²) in [4.78, 5) is 26.6. The van der Waals surface area contributed by atoms with E-state index in [1.807, 2.05) is 91.0 Å². The summed E-state index contributed by atoms with van der Waals surface area (Å²) in [7, 11) is 0. The molecule has 1 heterocycles. The van der Waals surface area contributed by atoms with Crippen molar-refractivity contribution in [3.63, 3.8) is 0 Å². The average Bonchev–Trinajstić information content (AvgIpc) is 2.95. The van der Waals surface area contributed by atoms with Crippen molar-refractivity contribution >= 4 is 22.6 Å². The van der Waals surface area contributed by atoms with Crippen LogP contribution in [-0.4, -0.2) is 25.1 Å². The topological polar surface area (TPSA) is 73.9 Å². The fourth-order valence-electron chi connectivity index (χ4n) is 4.96. The first-order valence-corrected chi connectivity index (χ1v) is 13.4. The molecule has 1 N–H and O–H groups in total. The molecule has 0 fully saturated rings. The van der Waals surface area contributed by atoms with Crippen LogP contribution >= 0.6 is 0 Å². The SMILES string of the molecule is CCOC(=O)C1=C(NC(=O)COc2ccc(C(C)(C)C)cc2)Oc2ccc3ccccc3c2C1c1ccccc1. The van der Waals surface area contributed by atoms with Gasteiger partial charge in [-0.05, 0) is 52.4 Å². The number of carbonyl (C=O) groups excluding carboxylic acids is 2. The number of rotatable bonds is 7. The summed E-state index contributed by atoms with van der Waals surface area (Å²) in [5.41, 5.74) is 3.15. The zero-order chi connectivity index (χ0) is 28.3. The van der Waals surface area contributed by atoms with Gasteiger partial charge in [0.1, 0.15) is 17.1 Å². The first kappa shape index (κ1) is 27.0. The third kappa shape index (κ3) is 5.57. The first-order valence-electron chi connectivity index (χ1n) is 13.4. The number of fused-ring (bicyclic) bond motifs is 3. The second-order valence-electron chi connectivity index (χ2n) is 10.7. The van der Waals surface area contributed by atoms with Gasteiger partial charge in [0, 0.05) is 5.56 Å². The molecule has 4 aromatic carbocycles. The summed E-state index contributed by atoms with van der Waals surface area (Å²) in [6, 6.07) is 29.2. The Balaban J connectivity index is 1.50. The molecule has 0 aromatic heterocycles. The van der Waals surface area contributed by atoms with E-state index >= 15 is 0 Å². The van der Waals surface area contributed by atoms with Crippen molar-refractivity contribution < 1.29 is 23.8 Å². The number of hydrogen-bond donors (Lipinski definition) is 1. The van der Waals surface area contributed by atoms with Crippen molar-refractivity contribution in [2.45, 2.75) is 39.0 Å². The second-order valence-corrected chi connectivity index (χ2v) is 10.7. The van der Waals surface area contributed by atoms with Gasteiger partial charge in [0.2, 0.25) is 5.88 Å². The molecule has 40 heavy (non-hydrogen) atoms. The maximum absolute atomic E-state index is 13.5. The van der Waals surface area contributed by atoms with Gasteiger partial charge in [0.05, 0.1) is 12.5 Å². The van der Waals surface area contributed by atoms with Crippen LogP contribution < -0.4 is 14.8 Å². The smallest absolute Gasteiger partial charge is 0.340 e. The highest BCUT2D eigenvalue weighted by Crippen LogP contribution is 2.46. The molecule has 0 radical (unpaired) electrons. The number of ether oxygens (including phenoxy) is 3. The minimum Gasteiger partial charge on any atom is -0.484 e. The molecule has 1 aliphatic rings. The van der Waals surface area contributed by atoms with Gasteiger partial charge in [-0.1, -0.05) is 93.6 Å². The van der Waals surface area contributed by atoms with Gasteiger partial charge in [-0.3, -0.25) is 10.1 Å². The van der Waals surface area contributed by atoms with E-state index in [1.54, 1.807) is 6.92 Å². The van der Waals surface area contributed by atoms with Gasteiger partial charge >= 0.3 is 5.97 Å². The predicted octanol–water partition coefficient (Wildman–Crippen LogP) is 6.63. The van der Waals surface area contributed by atoms with E-state index < -0.39 is 17.8 Å². The Morgan fingerprint density at radius 3 is 2.27 bits per heavy atom. The third-order valence-electron chi connectivity index (χ3n) is 6.94. The molecule has 5 rings (SSSR count). The van der Waals surface area contributed by atoms with E-state index in [9.17, 15) is 9.59 Å². The van der Waals surface area contributed by atoms with Crippen LogP contribution in [0.2, 0.25) is 0 Å². The van der Waals surface area contributed by atoms with E-state index in [0.717, 1.165) is 21.9 Å². The molecule has 0 aliphatic carbocycles. The van der Waals surface area contributed by atoms with E-state index in [0.29, 0.717) is 11.5 Å². The highest BCUT2D eigenvalue weighted by molar-refractivity contribution is 5.98. The van der Waals surface area contributed by atoms with Crippen LogP contribution in [0.15, 0.2) is 102 Å². The van der Waals surface area contributed by atoms with Gasteiger partial charge < -0.3 is 14.2 Å². The lowest BCUT2D eigenvalue weighted by molar-refractivity contribution is -0.139. The van der Waals surface area contributed by atoms with Gasteiger partial charge in [-0.2, -0.15) is 0 Å². The summed E-state index contributed by atoms with van der Waals surface area (Å²) in [5, 5.41) is 4.78. The van der Waals surface area contributed by atoms with Crippen LogP contribution in [0.1, 0.15) is 50.3 Å². The average molecular weight is 536 g/mol. The Morgan fingerprint density at radius 2 is 1.57 bits per heavy atom. The second kappa shape index (κ2) is 11.3. The molecule has 6 nitrogen and oxygen atoms in total. The number of amides is 1. The summed E-state index contributed by atoms with van der Waals surface area (Å²) >= 11 is 0. The summed E-state index contributed by atoms with van der Waals surface area (Å²) in [5.74, 6) is -0.333. The van der Waals surface area contributed by atoms with Crippen LogP contribution in [0.25, 0.3) is 10.8 Å². The minimum atomic E-state index is -0.552. The number of carbonyl (C=O) groups is 2. The van der Waals surface area contributed by atoms with Gasteiger partial charge in [0.15, 0.2) is 6.61 Å². The zero-order valence-electron chi connectivity index (χ0n) is 23.2. The largest absolute Gasteiger partial charge is 0.484 e. The Kier molecular flexibility index (Phi) is 7.60. The minimum absolute atomic E-state index is 0.0150. The molecule has 204 valence electrons. The number of hydrogen-bond acceptors (Lipinski definition) is 5. The summed E-state index contributed by atoms with van der Waals surface area (Å²) in [6.45, 7) is 8.09. The molecule has 0 bridgehead atoms. The molecule has 0 saturated carbocycles. The molecule has 1 amide bonds. The maximum atomic E-state index is 13.5. The Hall–Kier alpha value is -4.58. The van der Waals surface area contributed by atoms with Gasteiger partial charge in [0.25, 0.3) is 5.91 Å². The maximum Gasteiger partial charge on any atom is 0.340 e. The lowest BCUT2D eigenvalue weighted by atomic mass is 9.80.